The molecule has 4 rings (SSSR count). The van der Waals surface area contributed by atoms with Gasteiger partial charge < -0.3 is 9.73 Å². The monoisotopic (exact) mass is 438 g/mol. The number of nitrogens with zero attached hydrogens (tertiary/aromatic N) is 1. The van der Waals surface area contributed by atoms with E-state index in [-0.39, 0.29) is 27.7 Å². The highest BCUT2D eigenvalue weighted by atomic mass is 35.5. The number of hydrogen-bond acceptors (Lipinski definition) is 5. The van der Waals surface area contributed by atoms with Crippen LogP contribution in [0.25, 0.3) is 11.5 Å². The van der Waals surface area contributed by atoms with Gasteiger partial charge in [-0.15, -0.1) is 0 Å². The predicted octanol–water partition coefficient (Wildman–Crippen LogP) is 6.00. The van der Waals surface area contributed by atoms with Gasteiger partial charge in [0.25, 0.3) is 0 Å². The topological polar surface area (TPSA) is 72.2 Å². The summed E-state index contributed by atoms with van der Waals surface area (Å²) < 4.78 is 32.5. The zero-order valence-corrected chi connectivity index (χ0v) is 17.7. The summed E-state index contributed by atoms with van der Waals surface area (Å²) in [6.07, 6.45) is 0. The molecule has 1 aromatic heterocycles. The largest absolute Gasteiger partial charge is 0.419 e. The van der Waals surface area contributed by atoms with Gasteiger partial charge in [0.15, 0.2) is 0 Å². The molecule has 30 heavy (non-hydrogen) atoms. The van der Waals surface area contributed by atoms with Crippen molar-refractivity contribution in [2.45, 2.75) is 22.9 Å². The molecule has 0 spiro atoms. The fourth-order valence-corrected chi connectivity index (χ4v) is 4.57. The van der Waals surface area contributed by atoms with Crippen LogP contribution >= 0.6 is 11.6 Å². The molecule has 1 N–H and O–H groups in total. The normalized spacial score (nSPS) is 12.5. The number of aromatic nitrogens is 1. The first-order valence-electron chi connectivity index (χ1n) is 9.34. The number of nitrogens with one attached hydrogen (secondary N) is 1. The minimum atomic E-state index is -3.91. The summed E-state index contributed by atoms with van der Waals surface area (Å²) in [7, 11) is -3.91. The number of oxazole rings is 1. The Kier molecular flexibility index (Phi) is 5.61. The average molecular weight is 439 g/mol. The third-order valence-corrected chi connectivity index (χ3v) is 6.66. The second-order valence-corrected chi connectivity index (χ2v) is 9.00. The van der Waals surface area contributed by atoms with Gasteiger partial charge in [0, 0.05) is 0 Å². The van der Waals surface area contributed by atoms with Crippen molar-refractivity contribution in [3.63, 3.8) is 0 Å². The van der Waals surface area contributed by atoms with Crippen molar-refractivity contribution in [3.8, 4) is 11.5 Å². The Hall–Kier alpha value is -3.09. The van der Waals surface area contributed by atoms with Gasteiger partial charge >= 0.3 is 0 Å². The summed E-state index contributed by atoms with van der Waals surface area (Å²) in [6, 6.07) is 24.6. The summed E-state index contributed by atoms with van der Waals surface area (Å²) in [5, 5.41) is 3.41. The van der Waals surface area contributed by atoms with Gasteiger partial charge in [-0.05, 0) is 36.8 Å². The maximum atomic E-state index is 13.3. The third kappa shape index (κ3) is 3.97. The van der Waals surface area contributed by atoms with Crippen LogP contribution in [0, 0.1) is 0 Å². The van der Waals surface area contributed by atoms with Crippen LogP contribution in [-0.4, -0.2) is 13.4 Å². The molecule has 1 heterocycles. The zero-order chi connectivity index (χ0) is 21.1. The van der Waals surface area contributed by atoms with E-state index in [1.165, 1.54) is 12.1 Å². The Labute approximate surface area is 180 Å². The van der Waals surface area contributed by atoms with Crippen LogP contribution in [0.1, 0.15) is 18.5 Å². The molecule has 4 aromatic rings. The maximum absolute atomic E-state index is 13.3. The Balaban J connectivity index is 1.82. The van der Waals surface area contributed by atoms with Crippen LogP contribution in [0.2, 0.25) is 5.02 Å². The molecule has 0 saturated heterocycles. The lowest BCUT2D eigenvalue weighted by molar-refractivity contribution is 0.570. The van der Waals surface area contributed by atoms with Crippen molar-refractivity contribution in [1.29, 1.82) is 0 Å². The van der Waals surface area contributed by atoms with E-state index in [0.29, 0.717) is 10.6 Å². The first kappa shape index (κ1) is 20.2. The van der Waals surface area contributed by atoms with E-state index in [0.717, 1.165) is 5.56 Å². The molecule has 0 aliphatic rings. The van der Waals surface area contributed by atoms with E-state index in [1.807, 2.05) is 37.3 Å². The highest BCUT2D eigenvalue weighted by molar-refractivity contribution is 7.91. The smallest absolute Gasteiger partial charge is 0.234 e. The van der Waals surface area contributed by atoms with Crippen molar-refractivity contribution in [2.75, 3.05) is 5.32 Å². The first-order chi connectivity index (χ1) is 14.5. The fourth-order valence-electron chi connectivity index (χ4n) is 3.06. The number of hydrogen-bond donors (Lipinski definition) is 1. The minimum absolute atomic E-state index is 0.0742. The minimum Gasteiger partial charge on any atom is -0.419 e. The lowest BCUT2D eigenvalue weighted by atomic mass is 10.1. The number of sulfone groups is 1. The van der Waals surface area contributed by atoms with E-state index in [4.69, 9.17) is 16.0 Å². The molecule has 0 aliphatic heterocycles. The van der Waals surface area contributed by atoms with Crippen molar-refractivity contribution < 1.29 is 12.8 Å². The Morgan fingerprint density at radius 1 is 0.900 bits per heavy atom. The first-order valence-corrected chi connectivity index (χ1v) is 11.2. The van der Waals surface area contributed by atoms with E-state index in [9.17, 15) is 8.42 Å². The van der Waals surface area contributed by atoms with Crippen molar-refractivity contribution in [3.05, 3.63) is 95.5 Å². The molecule has 0 amide bonds. The van der Waals surface area contributed by atoms with Crippen LogP contribution in [0.3, 0.4) is 0 Å². The average Bonchev–Trinajstić information content (AvgIpc) is 3.19. The lowest BCUT2D eigenvalue weighted by Gasteiger charge is -2.14. The van der Waals surface area contributed by atoms with Gasteiger partial charge in [-0.1, -0.05) is 72.3 Å². The second kappa shape index (κ2) is 8.34. The lowest BCUT2D eigenvalue weighted by Crippen LogP contribution is -2.10. The summed E-state index contributed by atoms with van der Waals surface area (Å²) in [5.74, 6) is 0.211. The predicted molar refractivity (Wildman–Crippen MR) is 117 cm³/mol. The SMILES string of the molecule is C[C@@H](Nc1oc(-c2ccccc2Cl)nc1S(=O)(=O)c1ccccc1)c1ccccc1. The number of rotatable bonds is 6. The van der Waals surface area contributed by atoms with Gasteiger partial charge in [0.2, 0.25) is 26.6 Å². The van der Waals surface area contributed by atoms with Gasteiger partial charge in [-0.3, -0.25) is 0 Å². The number of benzene rings is 3. The summed E-state index contributed by atoms with van der Waals surface area (Å²) in [5.41, 5.74) is 1.50. The molecule has 0 radical (unpaired) electrons. The highest BCUT2D eigenvalue weighted by Gasteiger charge is 2.29. The Bertz CT molecular complexity index is 1260. The van der Waals surface area contributed by atoms with Gasteiger partial charge in [-0.25, -0.2) is 8.42 Å². The molecule has 5 nitrogen and oxygen atoms in total. The molecule has 0 fully saturated rings. The number of anilines is 1. The molecule has 1 atom stereocenters. The molecule has 7 heteroatoms. The molecular formula is C23H19ClN2O3S. The van der Waals surface area contributed by atoms with Gasteiger partial charge in [0.1, 0.15) is 0 Å². The molecule has 0 bridgehead atoms. The van der Waals surface area contributed by atoms with Crippen molar-refractivity contribution in [2.24, 2.45) is 0 Å². The van der Waals surface area contributed by atoms with Crippen LogP contribution in [-0.2, 0) is 9.84 Å². The molecule has 0 saturated carbocycles. The summed E-state index contributed by atoms with van der Waals surface area (Å²) >= 11 is 6.28. The molecule has 3 aromatic carbocycles. The van der Waals surface area contributed by atoms with Crippen LogP contribution < -0.4 is 5.32 Å². The molecule has 0 unspecified atom stereocenters. The van der Waals surface area contributed by atoms with Crippen molar-refractivity contribution in [1.82, 2.24) is 4.98 Å². The third-order valence-electron chi connectivity index (χ3n) is 4.66. The van der Waals surface area contributed by atoms with Crippen LogP contribution in [0.15, 0.2) is 99.3 Å². The summed E-state index contributed by atoms with van der Waals surface area (Å²) in [6.45, 7) is 1.92. The Morgan fingerprint density at radius 2 is 1.50 bits per heavy atom. The van der Waals surface area contributed by atoms with E-state index < -0.39 is 9.84 Å². The maximum Gasteiger partial charge on any atom is 0.234 e. The van der Waals surface area contributed by atoms with Gasteiger partial charge in [0.05, 0.1) is 21.5 Å². The van der Waals surface area contributed by atoms with E-state index in [2.05, 4.69) is 10.3 Å². The molecule has 0 aliphatic carbocycles. The van der Waals surface area contributed by atoms with Crippen molar-refractivity contribution >= 4 is 27.3 Å². The molecular weight excluding hydrogens is 420 g/mol. The fraction of sp³-hybridized carbons (Fsp3) is 0.0870. The standard InChI is InChI=1S/C23H19ClN2O3S/c1-16(17-10-4-2-5-11-17)25-22-23(30(27,28)18-12-6-3-7-13-18)26-21(29-22)19-14-8-9-15-20(19)24/h2-16,25H,1H3/t16-/m1/s1. The van der Waals surface area contributed by atoms with E-state index >= 15 is 0 Å². The molecule has 152 valence electrons. The van der Waals surface area contributed by atoms with Crippen LogP contribution in [0.4, 0.5) is 5.88 Å². The highest BCUT2D eigenvalue weighted by Crippen LogP contribution is 2.36. The quantitative estimate of drug-likeness (QED) is 0.399. The zero-order valence-electron chi connectivity index (χ0n) is 16.1. The second-order valence-electron chi connectivity index (χ2n) is 6.73. The Morgan fingerprint density at radius 3 is 2.17 bits per heavy atom. The number of halogens is 1. The van der Waals surface area contributed by atoms with Crippen LogP contribution in [0.5, 0.6) is 0 Å². The van der Waals surface area contributed by atoms with E-state index in [1.54, 1.807) is 42.5 Å². The summed E-state index contributed by atoms with van der Waals surface area (Å²) in [4.78, 5) is 4.47. The van der Waals surface area contributed by atoms with Gasteiger partial charge in [-0.2, -0.15) is 4.98 Å².